The maximum absolute atomic E-state index is 12.8. The lowest BCUT2D eigenvalue weighted by atomic mass is 9.95. The normalized spacial score (nSPS) is 18.5. The topological polar surface area (TPSA) is 57.6 Å². The maximum Gasteiger partial charge on any atom is 0.303 e. The molecule has 114 valence electrons. The predicted molar refractivity (Wildman–Crippen MR) is 78.7 cm³/mol. The molecule has 1 atom stereocenters. The van der Waals surface area contributed by atoms with Crippen molar-refractivity contribution < 1.29 is 19.1 Å². The number of carboxylic acid groups (broad SMARTS) is 1. The van der Waals surface area contributed by atoms with Crippen LogP contribution in [0.2, 0.25) is 0 Å². The average molecular weight is 311 g/mol. The van der Waals surface area contributed by atoms with Crippen molar-refractivity contribution in [1.82, 2.24) is 4.90 Å². The molecule has 2 rings (SSSR count). The molecule has 1 fully saturated rings. The molecule has 1 aromatic carbocycles. The van der Waals surface area contributed by atoms with E-state index in [1.165, 1.54) is 23.9 Å². The van der Waals surface area contributed by atoms with Crippen molar-refractivity contribution in [1.29, 1.82) is 0 Å². The minimum Gasteiger partial charge on any atom is -0.481 e. The third kappa shape index (κ3) is 5.04. The van der Waals surface area contributed by atoms with E-state index in [4.69, 9.17) is 5.11 Å². The molecule has 0 bridgehead atoms. The Labute approximate surface area is 127 Å². The first-order chi connectivity index (χ1) is 10.0. The number of carboxylic acids is 1. The second-order valence-corrected chi connectivity index (χ2v) is 6.24. The van der Waals surface area contributed by atoms with Crippen molar-refractivity contribution in [2.45, 2.75) is 24.2 Å². The summed E-state index contributed by atoms with van der Waals surface area (Å²) in [6.07, 6.45) is 1.83. The van der Waals surface area contributed by atoms with Crippen molar-refractivity contribution in [2.75, 3.05) is 18.8 Å². The molecule has 4 nitrogen and oxygen atoms in total. The average Bonchev–Trinajstić information content (AvgIpc) is 2.46. The van der Waals surface area contributed by atoms with Crippen LogP contribution in [0.3, 0.4) is 0 Å². The number of halogens is 1. The summed E-state index contributed by atoms with van der Waals surface area (Å²) in [5.74, 6) is -0.741. The van der Waals surface area contributed by atoms with E-state index >= 15 is 0 Å². The van der Waals surface area contributed by atoms with Crippen molar-refractivity contribution >= 4 is 23.6 Å². The number of nitrogens with zero attached hydrogens (tertiary/aromatic N) is 1. The van der Waals surface area contributed by atoms with Gasteiger partial charge in [-0.2, -0.15) is 0 Å². The number of aliphatic carboxylic acids is 1. The van der Waals surface area contributed by atoms with Gasteiger partial charge in [0.15, 0.2) is 0 Å². The zero-order valence-electron chi connectivity index (χ0n) is 11.6. The first kappa shape index (κ1) is 15.8. The molecular formula is C15H18FNO3S. The highest BCUT2D eigenvalue weighted by Gasteiger charge is 2.25. The van der Waals surface area contributed by atoms with Crippen LogP contribution in [0.4, 0.5) is 4.39 Å². The summed E-state index contributed by atoms with van der Waals surface area (Å²) in [5.41, 5.74) is 0. The zero-order chi connectivity index (χ0) is 15.2. The maximum atomic E-state index is 12.8. The van der Waals surface area contributed by atoms with Crippen molar-refractivity contribution in [3.8, 4) is 0 Å². The van der Waals surface area contributed by atoms with E-state index in [1.807, 2.05) is 0 Å². The lowest BCUT2D eigenvalue weighted by Gasteiger charge is -2.32. The molecule has 1 unspecified atom stereocenters. The third-order valence-electron chi connectivity index (χ3n) is 3.51. The van der Waals surface area contributed by atoms with E-state index in [0.29, 0.717) is 18.8 Å². The molecule has 1 aromatic rings. The molecule has 1 aliphatic heterocycles. The summed E-state index contributed by atoms with van der Waals surface area (Å²) >= 11 is 1.37. The number of hydrogen-bond donors (Lipinski definition) is 1. The highest BCUT2D eigenvalue weighted by Crippen LogP contribution is 2.22. The van der Waals surface area contributed by atoms with Gasteiger partial charge in [-0.25, -0.2) is 4.39 Å². The Balaban J connectivity index is 1.82. The number of benzene rings is 1. The van der Waals surface area contributed by atoms with Gasteiger partial charge in [0.05, 0.1) is 5.75 Å². The summed E-state index contributed by atoms with van der Waals surface area (Å²) in [4.78, 5) is 25.5. The van der Waals surface area contributed by atoms with E-state index in [1.54, 1.807) is 17.0 Å². The molecule has 6 heteroatoms. The van der Waals surface area contributed by atoms with E-state index in [-0.39, 0.29) is 24.1 Å². The number of hydrogen-bond acceptors (Lipinski definition) is 3. The van der Waals surface area contributed by atoms with Gasteiger partial charge in [0.1, 0.15) is 5.82 Å². The molecule has 1 aliphatic rings. The minimum absolute atomic E-state index is 0.0133. The van der Waals surface area contributed by atoms with E-state index < -0.39 is 5.97 Å². The number of carbonyl (C=O) groups is 2. The second-order valence-electron chi connectivity index (χ2n) is 5.19. The van der Waals surface area contributed by atoms with Crippen LogP contribution in [-0.2, 0) is 9.59 Å². The van der Waals surface area contributed by atoms with E-state index in [0.717, 1.165) is 17.7 Å². The first-order valence-electron chi connectivity index (χ1n) is 6.92. The van der Waals surface area contributed by atoms with Gasteiger partial charge in [-0.05, 0) is 43.0 Å². The van der Waals surface area contributed by atoms with Crippen LogP contribution in [0, 0.1) is 11.7 Å². The SMILES string of the molecule is O=C(O)CC1CCCN(C(=O)CSc2ccc(F)cc2)C1. The van der Waals surface area contributed by atoms with E-state index in [2.05, 4.69) is 0 Å². The largest absolute Gasteiger partial charge is 0.481 e. The lowest BCUT2D eigenvalue weighted by molar-refractivity contribution is -0.140. The predicted octanol–water partition coefficient (Wildman–Crippen LogP) is 2.63. The highest BCUT2D eigenvalue weighted by molar-refractivity contribution is 8.00. The Hall–Kier alpha value is -1.56. The zero-order valence-corrected chi connectivity index (χ0v) is 12.4. The molecule has 1 heterocycles. The van der Waals surface area contributed by atoms with Crippen molar-refractivity contribution in [3.63, 3.8) is 0 Å². The Kier molecular flexibility index (Phi) is 5.61. The van der Waals surface area contributed by atoms with Crippen LogP contribution < -0.4 is 0 Å². The second kappa shape index (κ2) is 7.45. The van der Waals surface area contributed by atoms with Gasteiger partial charge in [-0.1, -0.05) is 0 Å². The first-order valence-corrected chi connectivity index (χ1v) is 7.91. The molecule has 0 aliphatic carbocycles. The fourth-order valence-corrected chi connectivity index (χ4v) is 3.27. The van der Waals surface area contributed by atoms with Crippen LogP contribution >= 0.6 is 11.8 Å². The summed E-state index contributed by atoms with van der Waals surface area (Å²) in [6.45, 7) is 1.22. The Morgan fingerprint density at radius 3 is 2.71 bits per heavy atom. The Morgan fingerprint density at radius 1 is 1.33 bits per heavy atom. The van der Waals surface area contributed by atoms with Gasteiger partial charge in [0.25, 0.3) is 0 Å². The molecule has 0 spiro atoms. The number of carbonyl (C=O) groups excluding carboxylic acids is 1. The van der Waals surface area contributed by atoms with Crippen LogP contribution in [0.15, 0.2) is 29.2 Å². The summed E-state index contributed by atoms with van der Waals surface area (Å²) in [5, 5.41) is 8.83. The van der Waals surface area contributed by atoms with Crippen LogP contribution in [-0.4, -0.2) is 40.7 Å². The molecular weight excluding hydrogens is 293 g/mol. The molecule has 21 heavy (non-hydrogen) atoms. The summed E-state index contributed by atoms with van der Waals surface area (Å²) in [6, 6.07) is 6.04. The molecule has 0 aromatic heterocycles. The highest BCUT2D eigenvalue weighted by atomic mass is 32.2. The van der Waals surface area contributed by atoms with Crippen LogP contribution in [0.25, 0.3) is 0 Å². The number of amides is 1. The molecule has 0 saturated carbocycles. The molecule has 1 amide bonds. The molecule has 0 radical (unpaired) electrons. The van der Waals surface area contributed by atoms with Crippen molar-refractivity contribution in [2.24, 2.45) is 5.92 Å². The fourth-order valence-electron chi connectivity index (χ4n) is 2.47. The third-order valence-corrected chi connectivity index (χ3v) is 4.51. The number of likely N-dealkylation sites (tertiary alicyclic amines) is 1. The Morgan fingerprint density at radius 2 is 2.05 bits per heavy atom. The summed E-state index contributed by atoms with van der Waals surface area (Å²) in [7, 11) is 0. The van der Waals surface area contributed by atoms with Gasteiger partial charge in [-0.15, -0.1) is 11.8 Å². The van der Waals surface area contributed by atoms with Crippen molar-refractivity contribution in [3.05, 3.63) is 30.1 Å². The fraction of sp³-hybridized carbons (Fsp3) is 0.467. The summed E-state index contributed by atoms with van der Waals surface area (Å²) < 4.78 is 12.8. The van der Waals surface area contributed by atoms with Gasteiger partial charge in [0.2, 0.25) is 5.91 Å². The van der Waals surface area contributed by atoms with Crippen LogP contribution in [0.1, 0.15) is 19.3 Å². The van der Waals surface area contributed by atoms with Gasteiger partial charge in [0, 0.05) is 24.4 Å². The quantitative estimate of drug-likeness (QED) is 0.849. The minimum atomic E-state index is -0.810. The number of thioether (sulfide) groups is 1. The monoisotopic (exact) mass is 311 g/mol. The van der Waals surface area contributed by atoms with Gasteiger partial charge >= 0.3 is 5.97 Å². The molecule has 1 N–H and O–H groups in total. The van der Waals surface area contributed by atoms with Gasteiger partial charge < -0.3 is 10.0 Å². The smallest absolute Gasteiger partial charge is 0.303 e. The van der Waals surface area contributed by atoms with Crippen LogP contribution in [0.5, 0.6) is 0 Å². The standard InChI is InChI=1S/C15H18FNO3S/c16-12-3-5-13(6-4-12)21-10-14(18)17-7-1-2-11(9-17)8-15(19)20/h3-6,11H,1-2,7-10H2,(H,19,20). The molecule has 1 saturated heterocycles. The lowest BCUT2D eigenvalue weighted by Crippen LogP contribution is -2.41. The number of rotatable bonds is 5. The van der Waals surface area contributed by atoms with E-state index in [9.17, 15) is 14.0 Å². The Bertz CT molecular complexity index is 506. The van der Waals surface area contributed by atoms with Gasteiger partial charge in [-0.3, -0.25) is 9.59 Å². The number of piperidine rings is 1.